The zero-order chi connectivity index (χ0) is 9.10. The number of aromatic nitrogens is 4. The molecular weight excluding hydrogens is 166 g/mol. The van der Waals surface area contributed by atoms with Gasteiger partial charge < -0.3 is 5.73 Å². The number of nitrogens with zero attached hydrogens (tertiary/aromatic N) is 4. The number of hydrogen-bond donors (Lipinski definition) is 1. The van der Waals surface area contributed by atoms with Gasteiger partial charge in [0, 0.05) is 12.7 Å². The van der Waals surface area contributed by atoms with E-state index in [9.17, 15) is 0 Å². The van der Waals surface area contributed by atoms with E-state index in [2.05, 4.69) is 15.2 Å². The topological polar surface area (TPSA) is 69.6 Å². The molecular formula is C8H9N5. The maximum Gasteiger partial charge on any atom is 0.139 e. The zero-order valence-corrected chi connectivity index (χ0v) is 6.96. The van der Waals surface area contributed by atoms with Crippen LogP contribution in [0.2, 0.25) is 0 Å². The van der Waals surface area contributed by atoms with Crippen molar-refractivity contribution in [1.29, 1.82) is 0 Å². The third-order valence-corrected chi connectivity index (χ3v) is 1.73. The highest BCUT2D eigenvalue weighted by atomic mass is 15.2. The summed E-state index contributed by atoms with van der Waals surface area (Å²) in [5.41, 5.74) is 6.46. The Labute approximate surface area is 75.2 Å². The van der Waals surface area contributed by atoms with Gasteiger partial charge in [-0.2, -0.15) is 0 Å². The van der Waals surface area contributed by atoms with Crippen molar-refractivity contribution in [2.75, 3.05) is 0 Å². The molecule has 0 aromatic carbocycles. The summed E-state index contributed by atoms with van der Waals surface area (Å²) < 4.78 is 1.74. The van der Waals surface area contributed by atoms with Crippen LogP contribution in [0.15, 0.2) is 31.0 Å². The molecule has 0 fully saturated rings. The molecule has 0 saturated carbocycles. The van der Waals surface area contributed by atoms with Crippen molar-refractivity contribution >= 4 is 0 Å². The van der Waals surface area contributed by atoms with Crippen molar-refractivity contribution < 1.29 is 0 Å². The summed E-state index contributed by atoms with van der Waals surface area (Å²) in [5, 5.41) is 7.38. The minimum Gasteiger partial charge on any atom is -0.326 e. The van der Waals surface area contributed by atoms with Crippen molar-refractivity contribution in [1.82, 2.24) is 19.7 Å². The molecule has 2 aromatic rings. The van der Waals surface area contributed by atoms with Crippen molar-refractivity contribution in [3.05, 3.63) is 36.5 Å². The molecule has 0 unspecified atom stereocenters. The van der Waals surface area contributed by atoms with Crippen molar-refractivity contribution in [2.45, 2.75) is 6.54 Å². The first kappa shape index (κ1) is 7.88. The van der Waals surface area contributed by atoms with E-state index >= 15 is 0 Å². The lowest BCUT2D eigenvalue weighted by molar-refractivity contribution is 0.967. The summed E-state index contributed by atoms with van der Waals surface area (Å²) in [6.07, 6.45) is 4.95. The third kappa shape index (κ3) is 1.54. The van der Waals surface area contributed by atoms with E-state index in [1.165, 1.54) is 0 Å². The van der Waals surface area contributed by atoms with E-state index in [-0.39, 0.29) is 0 Å². The predicted octanol–water partition coefficient (Wildman–Crippen LogP) is 0.121. The second-order valence-electron chi connectivity index (χ2n) is 2.60. The highest BCUT2D eigenvalue weighted by Crippen LogP contribution is 2.03. The largest absolute Gasteiger partial charge is 0.326 e. The van der Waals surface area contributed by atoms with E-state index in [1.807, 2.05) is 12.1 Å². The van der Waals surface area contributed by atoms with Gasteiger partial charge in [-0.3, -0.25) is 4.57 Å². The van der Waals surface area contributed by atoms with E-state index < -0.39 is 0 Å². The first-order valence-electron chi connectivity index (χ1n) is 3.90. The fourth-order valence-electron chi connectivity index (χ4n) is 1.01. The lowest BCUT2D eigenvalue weighted by atomic mass is 10.3. The third-order valence-electron chi connectivity index (χ3n) is 1.73. The van der Waals surface area contributed by atoms with E-state index in [0.717, 1.165) is 11.4 Å². The van der Waals surface area contributed by atoms with Gasteiger partial charge in [-0.15, -0.1) is 10.2 Å². The number of nitrogens with two attached hydrogens (primary N) is 1. The van der Waals surface area contributed by atoms with Gasteiger partial charge in [0.2, 0.25) is 0 Å². The fourth-order valence-corrected chi connectivity index (χ4v) is 1.01. The molecule has 5 nitrogen and oxygen atoms in total. The van der Waals surface area contributed by atoms with Gasteiger partial charge in [0.25, 0.3) is 0 Å². The molecule has 0 aliphatic carbocycles. The Bertz CT molecular complexity index is 364. The van der Waals surface area contributed by atoms with E-state index in [4.69, 9.17) is 5.73 Å². The minimum absolute atomic E-state index is 0.509. The molecule has 13 heavy (non-hydrogen) atoms. The zero-order valence-electron chi connectivity index (χ0n) is 6.96. The molecule has 66 valence electrons. The van der Waals surface area contributed by atoms with Gasteiger partial charge in [0.1, 0.15) is 18.5 Å². The Kier molecular flexibility index (Phi) is 2.01. The van der Waals surface area contributed by atoms with Crippen molar-refractivity contribution in [3.63, 3.8) is 0 Å². The van der Waals surface area contributed by atoms with Crippen LogP contribution in [-0.4, -0.2) is 19.7 Å². The number of pyridine rings is 1. The summed E-state index contributed by atoms with van der Waals surface area (Å²) in [6, 6.07) is 3.81. The monoisotopic (exact) mass is 175 g/mol. The van der Waals surface area contributed by atoms with Crippen LogP contribution in [-0.2, 0) is 6.54 Å². The Morgan fingerprint density at radius 2 is 2.00 bits per heavy atom. The van der Waals surface area contributed by atoms with Gasteiger partial charge in [-0.25, -0.2) is 4.98 Å². The van der Waals surface area contributed by atoms with Crippen LogP contribution in [0.1, 0.15) is 5.56 Å². The summed E-state index contributed by atoms with van der Waals surface area (Å²) in [7, 11) is 0. The average Bonchev–Trinajstić information content (AvgIpc) is 2.71. The minimum atomic E-state index is 0.509. The maximum absolute atomic E-state index is 5.45. The molecule has 0 spiro atoms. The predicted molar refractivity (Wildman–Crippen MR) is 47.0 cm³/mol. The quantitative estimate of drug-likeness (QED) is 0.703. The highest BCUT2D eigenvalue weighted by Gasteiger charge is 1.96. The molecule has 2 aromatic heterocycles. The Morgan fingerprint density at radius 3 is 2.54 bits per heavy atom. The van der Waals surface area contributed by atoms with Crippen LogP contribution in [0.25, 0.3) is 5.82 Å². The van der Waals surface area contributed by atoms with Gasteiger partial charge >= 0.3 is 0 Å². The Balaban J connectivity index is 2.33. The van der Waals surface area contributed by atoms with Crippen LogP contribution in [0.5, 0.6) is 0 Å². The van der Waals surface area contributed by atoms with Gasteiger partial charge in [0.15, 0.2) is 0 Å². The molecule has 0 saturated heterocycles. The number of hydrogen-bond acceptors (Lipinski definition) is 4. The van der Waals surface area contributed by atoms with Crippen LogP contribution in [0.3, 0.4) is 0 Å². The SMILES string of the molecule is NCc1ccc(-n2cnnc2)nc1. The van der Waals surface area contributed by atoms with Crippen LogP contribution < -0.4 is 5.73 Å². The molecule has 0 bridgehead atoms. The van der Waals surface area contributed by atoms with Gasteiger partial charge in [-0.05, 0) is 11.6 Å². The molecule has 0 radical (unpaired) electrons. The normalized spacial score (nSPS) is 10.2. The summed E-state index contributed by atoms with van der Waals surface area (Å²) in [4.78, 5) is 4.19. The first-order valence-corrected chi connectivity index (χ1v) is 3.90. The summed E-state index contributed by atoms with van der Waals surface area (Å²) >= 11 is 0. The average molecular weight is 175 g/mol. The van der Waals surface area contributed by atoms with E-state index in [0.29, 0.717) is 6.54 Å². The van der Waals surface area contributed by atoms with Gasteiger partial charge in [-0.1, -0.05) is 6.07 Å². The van der Waals surface area contributed by atoms with E-state index in [1.54, 1.807) is 23.4 Å². The molecule has 5 heteroatoms. The molecule has 0 aliphatic rings. The smallest absolute Gasteiger partial charge is 0.139 e. The van der Waals surface area contributed by atoms with Crippen LogP contribution in [0, 0.1) is 0 Å². The molecule has 0 amide bonds. The molecule has 0 aliphatic heterocycles. The lowest BCUT2D eigenvalue weighted by Crippen LogP contribution is -1.99. The Hall–Kier alpha value is -1.75. The standard InChI is InChI=1S/C8H9N5/c9-3-7-1-2-8(10-4-7)13-5-11-12-6-13/h1-2,4-6H,3,9H2. The maximum atomic E-state index is 5.45. The fraction of sp³-hybridized carbons (Fsp3) is 0.125. The van der Waals surface area contributed by atoms with Gasteiger partial charge in [0.05, 0.1) is 0 Å². The molecule has 2 rings (SSSR count). The summed E-state index contributed by atoms with van der Waals surface area (Å²) in [6.45, 7) is 0.509. The molecule has 2 N–H and O–H groups in total. The van der Waals surface area contributed by atoms with Crippen LogP contribution >= 0.6 is 0 Å². The Morgan fingerprint density at radius 1 is 1.23 bits per heavy atom. The number of rotatable bonds is 2. The second-order valence-corrected chi connectivity index (χ2v) is 2.60. The van der Waals surface area contributed by atoms with Crippen molar-refractivity contribution in [3.8, 4) is 5.82 Å². The van der Waals surface area contributed by atoms with Crippen LogP contribution in [0.4, 0.5) is 0 Å². The molecule has 0 atom stereocenters. The second kappa shape index (κ2) is 3.32. The van der Waals surface area contributed by atoms with Crippen molar-refractivity contribution in [2.24, 2.45) is 5.73 Å². The highest BCUT2D eigenvalue weighted by molar-refractivity contribution is 5.24. The first-order chi connectivity index (χ1) is 6.40. The molecule has 2 heterocycles. The lowest BCUT2D eigenvalue weighted by Gasteiger charge is -2.00. The summed E-state index contributed by atoms with van der Waals surface area (Å²) in [5.74, 6) is 0.794.